The van der Waals surface area contributed by atoms with Crippen molar-refractivity contribution in [2.75, 3.05) is 6.61 Å². The summed E-state index contributed by atoms with van der Waals surface area (Å²) in [5.74, 6) is 0.165. The van der Waals surface area contributed by atoms with Crippen LogP contribution in [0.15, 0.2) is 54.6 Å². The highest BCUT2D eigenvalue weighted by Gasteiger charge is 2.08. The molecule has 3 heteroatoms. The molecule has 3 aromatic rings. The Morgan fingerprint density at radius 2 is 1.83 bits per heavy atom. The first-order valence-corrected chi connectivity index (χ1v) is 8.25. The monoisotopic (exact) mass is 319 g/mol. The van der Waals surface area contributed by atoms with Crippen molar-refractivity contribution in [1.29, 1.82) is 0 Å². The Morgan fingerprint density at radius 3 is 2.54 bits per heavy atom. The minimum atomic E-state index is 0.165. The summed E-state index contributed by atoms with van der Waals surface area (Å²) < 4.78 is 0. The molecule has 1 heterocycles. The molecule has 0 aliphatic heterocycles. The van der Waals surface area contributed by atoms with E-state index in [9.17, 15) is 4.79 Å². The number of carbonyl (C=O) groups excluding carboxylic acids is 1. The number of ketones is 1. The molecule has 3 nitrogen and oxygen atoms in total. The van der Waals surface area contributed by atoms with Crippen LogP contribution in [0, 0.1) is 0 Å². The maximum Gasteiger partial charge on any atom is 0.134 e. The molecule has 122 valence electrons. The van der Waals surface area contributed by atoms with Gasteiger partial charge in [-0.15, -0.1) is 0 Å². The van der Waals surface area contributed by atoms with E-state index in [0.29, 0.717) is 6.42 Å². The fourth-order valence-corrected chi connectivity index (χ4v) is 2.95. The predicted octanol–water partition coefficient (Wildman–Crippen LogP) is 3.96. The molecule has 0 aliphatic rings. The van der Waals surface area contributed by atoms with Gasteiger partial charge in [0.15, 0.2) is 0 Å². The average Bonchev–Trinajstić information content (AvgIpc) is 2.59. The largest absolute Gasteiger partial charge is 0.396 e. The number of rotatable bonds is 6. The Kier molecular flexibility index (Phi) is 5.02. The van der Waals surface area contributed by atoms with Gasteiger partial charge >= 0.3 is 0 Å². The van der Waals surface area contributed by atoms with E-state index in [1.165, 1.54) is 5.56 Å². The van der Waals surface area contributed by atoms with E-state index >= 15 is 0 Å². The van der Waals surface area contributed by atoms with Crippen LogP contribution in [0.3, 0.4) is 0 Å². The van der Waals surface area contributed by atoms with Gasteiger partial charge in [0.05, 0.1) is 11.2 Å². The van der Waals surface area contributed by atoms with Gasteiger partial charge < -0.3 is 5.11 Å². The van der Waals surface area contributed by atoms with Crippen LogP contribution >= 0.6 is 0 Å². The number of hydrogen-bond donors (Lipinski definition) is 1. The molecular weight excluding hydrogens is 298 g/mol. The number of aromatic nitrogens is 1. The molecule has 0 saturated heterocycles. The molecule has 1 N–H and O–H groups in total. The van der Waals surface area contributed by atoms with Gasteiger partial charge in [0, 0.05) is 24.0 Å². The Hall–Kier alpha value is -2.52. The van der Waals surface area contributed by atoms with Crippen LogP contribution < -0.4 is 0 Å². The predicted molar refractivity (Wildman–Crippen MR) is 97.0 cm³/mol. The Balaban J connectivity index is 2.00. The fraction of sp³-hybridized carbons (Fsp3) is 0.238. The van der Waals surface area contributed by atoms with Crippen LogP contribution in [0.25, 0.3) is 22.2 Å². The van der Waals surface area contributed by atoms with Gasteiger partial charge in [0.1, 0.15) is 5.78 Å². The van der Waals surface area contributed by atoms with Crippen LogP contribution in [0.4, 0.5) is 0 Å². The number of para-hydroxylation sites is 1. The number of benzene rings is 2. The molecule has 24 heavy (non-hydrogen) atoms. The second kappa shape index (κ2) is 7.37. The highest BCUT2D eigenvalue weighted by Crippen LogP contribution is 2.26. The first-order valence-electron chi connectivity index (χ1n) is 8.25. The van der Waals surface area contributed by atoms with Crippen LogP contribution in [0.5, 0.6) is 0 Å². The number of aryl methyl sites for hydroxylation is 1. The average molecular weight is 319 g/mol. The molecule has 2 aromatic carbocycles. The van der Waals surface area contributed by atoms with Crippen LogP contribution in [0.1, 0.15) is 24.5 Å². The zero-order valence-corrected chi connectivity index (χ0v) is 13.8. The van der Waals surface area contributed by atoms with Crippen molar-refractivity contribution >= 4 is 16.7 Å². The molecule has 0 atom stereocenters. The summed E-state index contributed by atoms with van der Waals surface area (Å²) in [6, 6.07) is 18.2. The molecule has 3 rings (SSSR count). The normalized spacial score (nSPS) is 10.9. The van der Waals surface area contributed by atoms with Crippen molar-refractivity contribution in [1.82, 2.24) is 4.98 Å². The first kappa shape index (κ1) is 16.3. The third kappa shape index (κ3) is 3.69. The van der Waals surface area contributed by atoms with Gasteiger partial charge in [-0.3, -0.25) is 4.79 Å². The summed E-state index contributed by atoms with van der Waals surface area (Å²) in [6.45, 7) is 1.79. The minimum absolute atomic E-state index is 0.165. The van der Waals surface area contributed by atoms with Gasteiger partial charge in [0.2, 0.25) is 0 Å². The summed E-state index contributed by atoms with van der Waals surface area (Å²) in [5, 5.41) is 10.3. The van der Waals surface area contributed by atoms with Gasteiger partial charge in [0.25, 0.3) is 0 Å². The van der Waals surface area contributed by atoms with Crippen molar-refractivity contribution in [3.8, 4) is 11.3 Å². The second-order valence-electron chi connectivity index (χ2n) is 6.09. The Labute approximate surface area is 142 Å². The summed E-state index contributed by atoms with van der Waals surface area (Å²) in [5.41, 5.74) is 5.16. The lowest BCUT2D eigenvalue weighted by molar-refractivity contribution is -0.116. The van der Waals surface area contributed by atoms with Gasteiger partial charge in [-0.2, -0.15) is 0 Å². The summed E-state index contributed by atoms with van der Waals surface area (Å²) in [6.07, 6.45) is 2.03. The van der Waals surface area contributed by atoms with E-state index in [1.807, 2.05) is 42.5 Å². The van der Waals surface area contributed by atoms with E-state index in [0.717, 1.165) is 40.6 Å². The van der Waals surface area contributed by atoms with Gasteiger partial charge in [-0.1, -0.05) is 42.5 Å². The molecule has 0 spiro atoms. The van der Waals surface area contributed by atoms with E-state index < -0.39 is 0 Å². The SMILES string of the molecule is CC(=O)Cc1ccc(-c2cc(CCCO)c3ccccc3n2)cc1. The van der Waals surface area contributed by atoms with E-state index in [-0.39, 0.29) is 12.4 Å². The number of aliphatic hydroxyl groups is 1. The molecule has 0 amide bonds. The standard InChI is InChI=1S/C21H21NO2/c1-15(24)13-16-8-10-17(11-9-16)21-14-18(5-4-12-23)19-6-2-3-7-20(19)22-21/h2-3,6-11,14,23H,4-5,12-13H2,1H3. The highest BCUT2D eigenvalue weighted by atomic mass is 16.2. The molecule has 1 aromatic heterocycles. The van der Waals surface area contributed by atoms with Gasteiger partial charge in [-0.05, 0) is 43.0 Å². The van der Waals surface area contributed by atoms with Crippen molar-refractivity contribution in [2.24, 2.45) is 0 Å². The number of hydrogen-bond acceptors (Lipinski definition) is 3. The Bertz CT molecular complexity index is 853. The topological polar surface area (TPSA) is 50.2 Å². The lowest BCUT2D eigenvalue weighted by Crippen LogP contribution is -1.97. The number of fused-ring (bicyclic) bond motifs is 1. The zero-order valence-electron chi connectivity index (χ0n) is 13.8. The maximum absolute atomic E-state index is 11.2. The molecule has 0 bridgehead atoms. The quantitative estimate of drug-likeness (QED) is 0.748. The molecule has 0 saturated carbocycles. The third-order valence-corrected chi connectivity index (χ3v) is 4.11. The summed E-state index contributed by atoms with van der Waals surface area (Å²) >= 11 is 0. The van der Waals surface area contributed by atoms with Crippen molar-refractivity contribution in [3.63, 3.8) is 0 Å². The van der Waals surface area contributed by atoms with Gasteiger partial charge in [-0.25, -0.2) is 4.98 Å². The second-order valence-corrected chi connectivity index (χ2v) is 6.09. The molecular formula is C21H21NO2. The van der Waals surface area contributed by atoms with E-state index in [1.54, 1.807) is 6.92 Å². The van der Waals surface area contributed by atoms with Crippen molar-refractivity contribution in [2.45, 2.75) is 26.2 Å². The van der Waals surface area contributed by atoms with Crippen molar-refractivity contribution in [3.05, 3.63) is 65.7 Å². The number of Topliss-reactive ketones (excluding diaryl/α,β-unsaturated/α-hetero) is 1. The van der Waals surface area contributed by atoms with Crippen molar-refractivity contribution < 1.29 is 9.90 Å². The smallest absolute Gasteiger partial charge is 0.134 e. The van der Waals surface area contributed by atoms with Crippen LogP contribution in [-0.2, 0) is 17.6 Å². The van der Waals surface area contributed by atoms with E-state index in [4.69, 9.17) is 10.1 Å². The number of aliphatic hydroxyl groups excluding tert-OH is 1. The maximum atomic E-state index is 11.2. The third-order valence-electron chi connectivity index (χ3n) is 4.11. The lowest BCUT2D eigenvalue weighted by Gasteiger charge is -2.10. The number of carbonyl (C=O) groups is 1. The molecule has 0 aliphatic carbocycles. The lowest BCUT2D eigenvalue weighted by atomic mass is 10.00. The fourth-order valence-electron chi connectivity index (χ4n) is 2.95. The van der Waals surface area contributed by atoms with E-state index in [2.05, 4.69) is 12.1 Å². The molecule has 0 unspecified atom stereocenters. The highest BCUT2D eigenvalue weighted by molar-refractivity contribution is 5.85. The zero-order chi connectivity index (χ0) is 16.9. The summed E-state index contributed by atoms with van der Waals surface area (Å²) in [7, 11) is 0. The van der Waals surface area contributed by atoms with Crippen LogP contribution in [-0.4, -0.2) is 22.5 Å². The minimum Gasteiger partial charge on any atom is -0.396 e. The summed E-state index contributed by atoms with van der Waals surface area (Å²) in [4.78, 5) is 16.0. The molecule has 0 fully saturated rings. The first-order chi connectivity index (χ1) is 11.7. The number of nitrogens with zero attached hydrogens (tertiary/aromatic N) is 1. The molecule has 0 radical (unpaired) electrons. The Morgan fingerprint density at radius 1 is 1.08 bits per heavy atom. The van der Waals surface area contributed by atoms with Crippen LogP contribution in [0.2, 0.25) is 0 Å². The number of pyridine rings is 1.